The zero-order valence-corrected chi connectivity index (χ0v) is 17.3. The summed E-state index contributed by atoms with van der Waals surface area (Å²) in [5.74, 6) is 0.558. The second-order valence-electron chi connectivity index (χ2n) is 6.86. The molecular weight excluding hydrogens is 398 g/mol. The molecule has 0 aromatic heterocycles. The molecule has 136 valence electrons. The molecule has 0 heterocycles. The average molecular weight is 425 g/mol. The van der Waals surface area contributed by atoms with Gasteiger partial charge in [0, 0.05) is 6.42 Å². The van der Waals surface area contributed by atoms with Crippen LogP contribution in [0.3, 0.4) is 0 Å². The smallest absolute Gasteiger partial charge is 0.134 e. The molecule has 2 atom stereocenters. The van der Waals surface area contributed by atoms with Gasteiger partial charge < -0.3 is 27.0 Å². The highest BCUT2D eigenvalue weighted by atomic mass is 79.9. The quantitative estimate of drug-likeness (QED) is 0.705. The van der Waals surface area contributed by atoms with Crippen LogP contribution in [0.15, 0.2) is 42.5 Å². The molecule has 0 spiro atoms. The van der Waals surface area contributed by atoms with Crippen molar-refractivity contribution >= 4 is 11.6 Å². The first-order valence-electron chi connectivity index (χ1n) is 9.06. The standard InChI is InChI=1S/C21H26ClNO.BrH/c1-3-10-23(11-4-2)19-12-16-13-20(24)18(22)14-17(16)21(19)15-8-6-5-7-9-15;/h5-9,13-14,19,21,24H,3-4,10-12H2,1-2H3;1H/t19-,21-;/m1./s1. The van der Waals surface area contributed by atoms with Crippen LogP contribution in [-0.4, -0.2) is 24.2 Å². The number of fused-ring (bicyclic) bond motifs is 1. The first-order valence-corrected chi connectivity index (χ1v) is 9.44. The molecule has 0 fully saturated rings. The molecule has 2 aromatic rings. The summed E-state index contributed by atoms with van der Waals surface area (Å²) in [4.78, 5) is 1.67. The highest BCUT2D eigenvalue weighted by Gasteiger charge is 2.40. The van der Waals surface area contributed by atoms with Crippen LogP contribution < -0.4 is 21.9 Å². The third-order valence-corrected chi connectivity index (χ3v) is 5.51. The van der Waals surface area contributed by atoms with Crippen LogP contribution in [0.5, 0.6) is 5.75 Å². The van der Waals surface area contributed by atoms with Crippen molar-refractivity contribution in [3.05, 3.63) is 64.2 Å². The van der Waals surface area contributed by atoms with Gasteiger partial charge in [0.25, 0.3) is 0 Å². The molecule has 0 bridgehead atoms. The van der Waals surface area contributed by atoms with Crippen LogP contribution in [0, 0.1) is 0 Å². The van der Waals surface area contributed by atoms with Crippen LogP contribution in [0.25, 0.3) is 0 Å². The predicted molar refractivity (Wildman–Crippen MR) is 100 cm³/mol. The fourth-order valence-electron chi connectivity index (χ4n) is 4.25. The lowest BCUT2D eigenvalue weighted by atomic mass is 9.89. The Morgan fingerprint density at radius 1 is 1.08 bits per heavy atom. The maximum absolute atomic E-state index is 10.0. The number of phenolic OH excluding ortho intramolecular Hbond substituents is 1. The van der Waals surface area contributed by atoms with Crippen molar-refractivity contribution in [2.24, 2.45) is 0 Å². The Morgan fingerprint density at radius 3 is 2.32 bits per heavy atom. The van der Waals surface area contributed by atoms with Crippen LogP contribution >= 0.6 is 11.6 Å². The summed E-state index contributed by atoms with van der Waals surface area (Å²) in [6.45, 7) is 6.90. The SMILES string of the molecule is CCC[NH+](CCC)[C@@H]1Cc2cc(O)c(Cl)cc2[C@H]1c1ccccc1.[Br-]. The van der Waals surface area contributed by atoms with E-state index < -0.39 is 0 Å². The first-order chi connectivity index (χ1) is 11.7. The van der Waals surface area contributed by atoms with E-state index in [1.807, 2.05) is 12.1 Å². The maximum atomic E-state index is 10.0. The molecule has 3 rings (SSSR count). The van der Waals surface area contributed by atoms with Gasteiger partial charge >= 0.3 is 0 Å². The summed E-state index contributed by atoms with van der Waals surface area (Å²) in [5, 5.41) is 10.5. The summed E-state index contributed by atoms with van der Waals surface area (Å²) in [6, 6.07) is 15.1. The highest BCUT2D eigenvalue weighted by molar-refractivity contribution is 6.32. The minimum atomic E-state index is 0. The number of quaternary nitrogens is 1. The highest BCUT2D eigenvalue weighted by Crippen LogP contribution is 2.41. The number of hydrogen-bond donors (Lipinski definition) is 2. The normalized spacial score (nSPS) is 18.9. The van der Waals surface area contributed by atoms with Gasteiger partial charge in [0.15, 0.2) is 0 Å². The Balaban J connectivity index is 0.00000225. The number of benzene rings is 2. The number of phenols is 1. The summed E-state index contributed by atoms with van der Waals surface area (Å²) in [7, 11) is 0. The van der Waals surface area contributed by atoms with Crippen molar-refractivity contribution in [1.82, 2.24) is 0 Å². The van der Waals surface area contributed by atoms with Crippen molar-refractivity contribution in [2.45, 2.75) is 45.1 Å². The van der Waals surface area contributed by atoms with E-state index in [1.165, 1.54) is 42.6 Å². The number of hydrogen-bond acceptors (Lipinski definition) is 1. The summed E-state index contributed by atoms with van der Waals surface area (Å²) in [5.41, 5.74) is 3.90. The van der Waals surface area contributed by atoms with Gasteiger partial charge in [-0.05, 0) is 41.7 Å². The third kappa shape index (κ3) is 4.21. The number of aromatic hydroxyl groups is 1. The largest absolute Gasteiger partial charge is 1.00 e. The molecule has 0 saturated heterocycles. The molecule has 0 saturated carbocycles. The molecule has 0 radical (unpaired) electrons. The van der Waals surface area contributed by atoms with E-state index in [1.54, 1.807) is 4.90 Å². The van der Waals surface area contributed by atoms with Gasteiger partial charge in [0.2, 0.25) is 0 Å². The van der Waals surface area contributed by atoms with Gasteiger partial charge in [-0.1, -0.05) is 55.8 Å². The van der Waals surface area contributed by atoms with Crippen LogP contribution in [0.2, 0.25) is 5.02 Å². The van der Waals surface area contributed by atoms with Gasteiger partial charge in [0.1, 0.15) is 11.8 Å². The average Bonchev–Trinajstić information content (AvgIpc) is 2.94. The molecule has 1 aliphatic carbocycles. The second kappa shape index (κ2) is 9.07. The third-order valence-electron chi connectivity index (χ3n) is 5.21. The van der Waals surface area contributed by atoms with Gasteiger partial charge in [-0.25, -0.2) is 0 Å². The lowest BCUT2D eigenvalue weighted by Crippen LogP contribution is -3.16. The van der Waals surface area contributed by atoms with E-state index >= 15 is 0 Å². The molecule has 0 amide bonds. The fraction of sp³-hybridized carbons (Fsp3) is 0.429. The van der Waals surface area contributed by atoms with Crippen molar-refractivity contribution in [3.63, 3.8) is 0 Å². The minimum absolute atomic E-state index is 0. The Labute approximate surface area is 166 Å². The van der Waals surface area contributed by atoms with E-state index in [4.69, 9.17) is 11.6 Å². The Hall–Kier alpha value is -1.03. The minimum Gasteiger partial charge on any atom is -1.00 e. The zero-order valence-electron chi connectivity index (χ0n) is 14.9. The van der Waals surface area contributed by atoms with E-state index in [0.29, 0.717) is 17.0 Å². The second-order valence-corrected chi connectivity index (χ2v) is 7.27. The van der Waals surface area contributed by atoms with Crippen LogP contribution in [-0.2, 0) is 6.42 Å². The van der Waals surface area contributed by atoms with Crippen molar-refractivity contribution in [1.29, 1.82) is 0 Å². The summed E-state index contributed by atoms with van der Waals surface area (Å²) in [6.07, 6.45) is 3.39. The fourth-order valence-corrected chi connectivity index (χ4v) is 4.42. The summed E-state index contributed by atoms with van der Waals surface area (Å²) >= 11 is 6.24. The molecule has 2 aromatic carbocycles. The monoisotopic (exact) mass is 423 g/mol. The molecule has 0 aliphatic heterocycles. The molecule has 25 heavy (non-hydrogen) atoms. The molecule has 2 N–H and O–H groups in total. The van der Waals surface area contributed by atoms with Crippen LogP contribution in [0.1, 0.15) is 49.3 Å². The Bertz CT molecular complexity index is 686. The molecular formula is C21H27BrClNO. The van der Waals surface area contributed by atoms with E-state index in [9.17, 15) is 5.11 Å². The number of rotatable bonds is 6. The number of nitrogens with one attached hydrogen (secondary N) is 1. The van der Waals surface area contributed by atoms with Crippen molar-refractivity contribution < 1.29 is 27.0 Å². The van der Waals surface area contributed by atoms with E-state index in [2.05, 4.69) is 44.2 Å². The van der Waals surface area contributed by atoms with Gasteiger partial charge in [-0.2, -0.15) is 0 Å². The maximum Gasteiger partial charge on any atom is 0.134 e. The Morgan fingerprint density at radius 2 is 1.72 bits per heavy atom. The summed E-state index contributed by atoms with van der Waals surface area (Å²) < 4.78 is 0. The predicted octanol–water partition coefficient (Wildman–Crippen LogP) is 0.811. The van der Waals surface area contributed by atoms with Crippen molar-refractivity contribution in [3.8, 4) is 5.75 Å². The van der Waals surface area contributed by atoms with E-state index in [0.717, 1.165) is 6.42 Å². The van der Waals surface area contributed by atoms with Gasteiger partial charge in [-0.15, -0.1) is 0 Å². The Kier molecular flexibility index (Phi) is 7.36. The van der Waals surface area contributed by atoms with Crippen molar-refractivity contribution in [2.75, 3.05) is 13.1 Å². The lowest BCUT2D eigenvalue weighted by molar-refractivity contribution is -0.926. The zero-order chi connectivity index (χ0) is 17.1. The van der Waals surface area contributed by atoms with Gasteiger partial charge in [-0.3, -0.25) is 0 Å². The first kappa shape index (κ1) is 20.3. The lowest BCUT2D eigenvalue weighted by Gasteiger charge is -2.30. The van der Waals surface area contributed by atoms with E-state index in [-0.39, 0.29) is 22.7 Å². The van der Waals surface area contributed by atoms with Crippen LogP contribution in [0.4, 0.5) is 0 Å². The van der Waals surface area contributed by atoms with Gasteiger partial charge in [0.05, 0.1) is 24.0 Å². The molecule has 2 nitrogen and oxygen atoms in total. The topological polar surface area (TPSA) is 24.7 Å². The molecule has 0 unspecified atom stereocenters. The molecule has 4 heteroatoms. The molecule has 1 aliphatic rings. The number of halogens is 2.